The largest absolute Gasteiger partial charge is 0.343 e. The Morgan fingerprint density at radius 3 is 2.70 bits per heavy atom. The van der Waals surface area contributed by atoms with Gasteiger partial charge in [-0.15, -0.1) is 0 Å². The van der Waals surface area contributed by atoms with Crippen molar-refractivity contribution in [3.8, 4) is 0 Å². The van der Waals surface area contributed by atoms with E-state index in [4.69, 9.17) is 4.52 Å². The van der Waals surface area contributed by atoms with Gasteiger partial charge < -0.3 is 14.7 Å². The summed E-state index contributed by atoms with van der Waals surface area (Å²) < 4.78 is 5.43. The third kappa shape index (κ3) is 4.31. The highest BCUT2D eigenvalue weighted by atomic mass is 16.5. The molecule has 3 atom stereocenters. The lowest BCUT2D eigenvalue weighted by Gasteiger charge is -2.39. The second kappa shape index (κ2) is 6.99. The van der Waals surface area contributed by atoms with Crippen LogP contribution in [0, 0.1) is 5.92 Å². The molecule has 1 N–H and O–H groups in total. The maximum absolute atomic E-state index is 11.6. The van der Waals surface area contributed by atoms with Gasteiger partial charge in [0.2, 0.25) is 11.8 Å². The van der Waals surface area contributed by atoms with Gasteiger partial charge in [-0.2, -0.15) is 4.98 Å². The molecular weight excluding hydrogens is 292 g/mol. The van der Waals surface area contributed by atoms with Gasteiger partial charge in [0.1, 0.15) is 0 Å². The number of nitrogens with one attached hydrogen (secondary N) is 1. The number of carbonyl (C=O) groups excluding carboxylic acids is 1. The van der Waals surface area contributed by atoms with E-state index in [1.807, 2.05) is 4.90 Å². The van der Waals surface area contributed by atoms with Gasteiger partial charge in [0, 0.05) is 31.5 Å². The third-order valence-electron chi connectivity index (χ3n) is 4.65. The molecule has 3 unspecified atom stereocenters. The normalized spacial score (nSPS) is 23.8. The maximum atomic E-state index is 11.6. The van der Waals surface area contributed by atoms with Crippen molar-refractivity contribution in [1.82, 2.24) is 20.4 Å². The maximum Gasteiger partial charge on any atom is 0.243 e. The Balaban J connectivity index is 2.00. The van der Waals surface area contributed by atoms with Gasteiger partial charge in [-0.05, 0) is 19.3 Å². The smallest absolute Gasteiger partial charge is 0.243 e. The van der Waals surface area contributed by atoms with Crippen LogP contribution in [-0.2, 0) is 10.2 Å². The average molecular weight is 322 g/mol. The highest BCUT2D eigenvalue weighted by Gasteiger charge is 2.31. The molecule has 1 aliphatic heterocycles. The summed E-state index contributed by atoms with van der Waals surface area (Å²) in [6.45, 7) is 13.7. The lowest BCUT2D eigenvalue weighted by Crippen LogP contribution is -2.50. The van der Waals surface area contributed by atoms with Crippen LogP contribution < -0.4 is 5.32 Å². The Labute approximate surface area is 139 Å². The van der Waals surface area contributed by atoms with Gasteiger partial charge in [0.05, 0.1) is 6.04 Å². The molecule has 1 fully saturated rings. The number of piperidine rings is 1. The van der Waals surface area contributed by atoms with E-state index in [-0.39, 0.29) is 17.4 Å². The van der Waals surface area contributed by atoms with Crippen LogP contribution >= 0.6 is 0 Å². The Hall–Kier alpha value is -1.43. The first kappa shape index (κ1) is 17.9. The second-order valence-corrected chi connectivity index (χ2v) is 7.62. The fourth-order valence-corrected chi connectivity index (χ4v) is 3.06. The number of likely N-dealkylation sites (tertiary alicyclic amines) is 1. The van der Waals surface area contributed by atoms with E-state index in [9.17, 15) is 4.79 Å². The molecule has 6 nitrogen and oxygen atoms in total. The zero-order valence-electron chi connectivity index (χ0n) is 15.2. The molecule has 0 aliphatic carbocycles. The first-order valence-corrected chi connectivity index (χ1v) is 8.58. The SMILES string of the molecule is CCC1CN(C(C)=O)CCC1NC(C)c1nc(C(C)(C)C)no1. The summed E-state index contributed by atoms with van der Waals surface area (Å²) in [7, 11) is 0. The monoisotopic (exact) mass is 322 g/mol. The Morgan fingerprint density at radius 1 is 1.48 bits per heavy atom. The van der Waals surface area contributed by atoms with Crippen molar-refractivity contribution in [3.63, 3.8) is 0 Å². The Kier molecular flexibility index (Phi) is 5.45. The van der Waals surface area contributed by atoms with Crippen LogP contribution in [0.5, 0.6) is 0 Å². The van der Waals surface area contributed by atoms with Gasteiger partial charge >= 0.3 is 0 Å². The molecule has 130 valence electrons. The number of hydrogen-bond acceptors (Lipinski definition) is 5. The van der Waals surface area contributed by atoms with Crippen LogP contribution in [0.3, 0.4) is 0 Å². The first-order chi connectivity index (χ1) is 10.7. The number of carbonyl (C=O) groups is 1. The summed E-state index contributed by atoms with van der Waals surface area (Å²) in [5.41, 5.74) is -0.111. The lowest BCUT2D eigenvalue weighted by molar-refractivity contribution is -0.131. The van der Waals surface area contributed by atoms with Crippen LogP contribution in [0.15, 0.2) is 4.52 Å². The molecule has 0 spiro atoms. The second-order valence-electron chi connectivity index (χ2n) is 7.62. The van der Waals surface area contributed by atoms with Crippen LogP contribution in [0.25, 0.3) is 0 Å². The van der Waals surface area contributed by atoms with Crippen molar-refractivity contribution in [2.24, 2.45) is 5.92 Å². The number of amides is 1. The van der Waals surface area contributed by atoms with Crippen LogP contribution in [0.2, 0.25) is 0 Å². The molecule has 1 aliphatic rings. The van der Waals surface area contributed by atoms with E-state index < -0.39 is 0 Å². The fraction of sp³-hybridized carbons (Fsp3) is 0.824. The van der Waals surface area contributed by atoms with Crippen molar-refractivity contribution in [2.45, 2.75) is 71.9 Å². The minimum atomic E-state index is -0.111. The molecule has 1 saturated heterocycles. The van der Waals surface area contributed by atoms with E-state index >= 15 is 0 Å². The quantitative estimate of drug-likeness (QED) is 0.923. The minimum Gasteiger partial charge on any atom is -0.343 e. The molecule has 1 aromatic rings. The molecule has 0 saturated carbocycles. The van der Waals surface area contributed by atoms with E-state index in [1.165, 1.54) is 0 Å². The summed E-state index contributed by atoms with van der Waals surface area (Å²) >= 11 is 0. The standard InChI is InChI=1S/C17H30N4O2/c1-7-13-10-21(12(3)22)9-8-14(13)18-11(2)15-19-16(20-23-15)17(4,5)6/h11,13-14,18H,7-10H2,1-6H3. The molecule has 6 heteroatoms. The highest BCUT2D eigenvalue weighted by Crippen LogP contribution is 2.25. The summed E-state index contributed by atoms with van der Waals surface area (Å²) in [6, 6.07) is 0.386. The van der Waals surface area contributed by atoms with Crippen LogP contribution in [-0.4, -0.2) is 40.1 Å². The molecule has 23 heavy (non-hydrogen) atoms. The van der Waals surface area contributed by atoms with E-state index in [0.717, 1.165) is 31.8 Å². The minimum absolute atomic E-state index is 0.0153. The van der Waals surface area contributed by atoms with Crippen LogP contribution in [0.1, 0.15) is 72.1 Å². The Bertz CT molecular complexity index is 535. The van der Waals surface area contributed by atoms with Gasteiger partial charge in [-0.25, -0.2) is 0 Å². The number of nitrogens with zero attached hydrogens (tertiary/aromatic N) is 3. The van der Waals surface area contributed by atoms with Crippen molar-refractivity contribution >= 4 is 5.91 Å². The summed E-state index contributed by atoms with van der Waals surface area (Å²) in [4.78, 5) is 18.1. The number of aromatic nitrogens is 2. The fourth-order valence-electron chi connectivity index (χ4n) is 3.06. The zero-order valence-corrected chi connectivity index (χ0v) is 15.2. The predicted molar refractivity (Wildman–Crippen MR) is 89.0 cm³/mol. The van der Waals surface area contributed by atoms with Gasteiger partial charge in [0.25, 0.3) is 0 Å². The summed E-state index contributed by atoms with van der Waals surface area (Å²) in [5, 5.41) is 7.72. The summed E-state index contributed by atoms with van der Waals surface area (Å²) in [6.07, 6.45) is 2.01. The predicted octanol–water partition coefficient (Wildman–Crippen LogP) is 2.66. The van der Waals surface area contributed by atoms with Crippen molar-refractivity contribution in [1.29, 1.82) is 0 Å². The lowest BCUT2D eigenvalue weighted by atomic mass is 9.89. The molecule has 1 amide bonds. The highest BCUT2D eigenvalue weighted by molar-refractivity contribution is 5.73. The van der Waals surface area contributed by atoms with Gasteiger partial charge in [-0.1, -0.05) is 39.3 Å². The van der Waals surface area contributed by atoms with E-state index in [0.29, 0.717) is 17.9 Å². The summed E-state index contributed by atoms with van der Waals surface area (Å²) in [5.74, 6) is 2.00. The molecule has 0 aromatic carbocycles. The third-order valence-corrected chi connectivity index (χ3v) is 4.65. The first-order valence-electron chi connectivity index (χ1n) is 8.58. The molecule has 1 aromatic heterocycles. The number of hydrogen-bond donors (Lipinski definition) is 1. The molecule has 0 radical (unpaired) electrons. The van der Waals surface area contributed by atoms with Crippen molar-refractivity contribution in [3.05, 3.63) is 11.7 Å². The van der Waals surface area contributed by atoms with E-state index in [1.54, 1.807) is 6.92 Å². The molecule has 2 heterocycles. The van der Waals surface area contributed by atoms with Crippen molar-refractivity contribution in [2.75, 3.05) is 13.1 Å². The molecule has 2 rings (SSSR count). The van der Waals surface area contributed by atoms with Crippen LogP contribution in [0.4, 0.5) is 0 Å². The molecular formula is C17H30N4O2. The number of rotatable bonds is 4. The van der Waals surface area contributed by atoms with Gasteiger partial charge in [-0.3, -0.25) is 4.79 Å². The van der Waals surface area contributed by atoms with Crippen molar-refractivity contribution < 1.29 is 9.32 Å². The average Bonchev–Trinajstić information content (AvgIpc) is 2.97. The van der Waals surface area contributed by atoms with Gasteiger partial charge in [0.15, 0.2) is 5.82 Å². The Morgan fingerprint density at radius 2 is 2.17 bits per heavy atom. The zero-order chi connectivity index (χ0) is 17.2. The topological polar surface area (TPSA) is 71.3 Å². The van der Waals surface area contributed by atoms with E-state index in [2.05, 4.69) is 50.1 Å². The molecule has 0 bridgehead atoms.